The maximum Gasteiger partial charge on any atom is 0.235 e. The van der Waals surface area contributed by atoms with Crippen LogP contribution in [-0.4, -0.2) is 12.7 Å². The van der Waals surface area contributed by atoms with Crippen LogP contribution in [0.1, 0.15) is 18.4 Å². The van der Waals surface area contributed by atoms with Crippen LogP contribution in [0, 0.1) is 11.6 Å². The number of ether oxygens (including phenoxy) is 2. The minimum absolute atomic E-state index is 0.151. The lowest BCUT2D eigenvalue weighted by molar-refractivity contribution is -0.118. The highest BCUT2D eigenvalue weighted by atomic mass is 19.1. The van der Waals surface area contributed by atoms with E-state index in [-0.39, 0.29) is 6.79 Å². The Morgan fingerprint density at radius 3 is 2.43 bits per heavy atom. The van der Waals surface area contributed by atoms with Gasteiger partial charge in [-0.1, -0.05) is 12.1 Å². The maximum absolute atomic E-state index is 13.7. The number of nitrogens with one attached hydrogen (secondary N) is 1. The molecule has 2 aliphatic rings. The van der Waals surface area contributed by atoms with Gasteiger partial charge in [-0.15, -0.1) is 0 Å². The number of carbonyl (C=O) groups excluding carboxylic acids is 1. The van der Waals surface area contributed by atoms with Gasteiger partial charge in [0.1, 0.15) is 17.3 Å². The third-order valence-electron chi connectivity index (χ3n) is 4.31. The van der Waals surface area contributed by atoms with Gasteiger partial charge in [-0.05, 0) is 42.7 Å². The number of halogens is 2. The molecular weight excluding hydrogens is 304 g/mol. The van der Waals surface area contributed by atoms with E-state index in [0.717, 1.165) is 17.7 Å². The third kappa shape index (κ3) is 2.21. The number of carbonyl (C=O) groups is 1. The minimum Gasteiger partial charge on any atom is -0.454 e. The van der Waals surface area contributed by atoms with E-state index in [1.165, 1.54) is 6.07 Å². The lowest BCUT2D eigenvalue weighted by Crippen LogP contribution is -2.28. The van der Waals surface area contributed by atoms with Crippen LogP contribution in [0.3, 0.4) is 0 Å². The van der Waals surface area contributed by atoms with E-state index in [2.05, 4.69) is 5.32 Å². The van der Waals surface area contributed by atoms with E-state index in [1.807, 2.05) is 0 Å². The predicted octanol–water partition coefficient (Wildman–Crippen LogP) is 3.36. The van der Waals surface area contributed by atoms with Gasteiger partial charge in [0, 0.05) is 0 Å². The number of hydrogen-bond acceptors (Lipinski definition) is 3. The van der Waals surface area contributed by atoms with Crippen molar-refractivity contribution in [2.24, 2.45) is 0 Å². The normalized spacial score (nSPS) is 17.0. The Morgan fingerprint density at radius 1 is 1.04 bits per heavy atom. The molecule has 1 heterocycles. The number of benzene rings is 2. The Kier molecular flexibility index (Phi) is 3.01. The first-order chi connectivity index (χ1) is 11.1. The van der Waals surface area contributed by atoms with Gasteiger partial charge < -0.3 is 14.8 Å². The van der Waals surface area contributed by atoms with Crippen molar-refractivity contribution in [3.05, 3.63) is 53.6 Å². The fourth-order valence-corrected chi connectivity index (χ4v) is 2.82. The summed E-state index contributed by atoms with van der Waals surface area (Å²) in [7, 11) is 0. The number of amides is 1. The molecule has 0 aromatic heterocycles. The van der Waals surface area contributed by atoms with E-state index in [0.29, 0.717) is 24.3 Å². The van der Waals surface area contributed by atoms with Crippen molar-refractivity contribution in [1.82, 2.24) is 0 Å². The summed E-state index contributed by atoms with van der Waals surface area (Å²) in [6, 6.07) is 8.77. The van der Waals surface area contributed by atoms with Gasteiger partial charge in [0.15, 0.2) is 11.5 Å². The fraction of sp³-hybridized carbons (Fsp3) is 0.235. The molecule has 118 valence electrons. The average molecular weight is 317 g/mol. The molecule has 0 bridgehead atoms. The summed E-state index contributed by atoms with van der Waals surface area (Å²) in [6.07, 6.45) is 1.24. The Hall–Kier alpha value is -2.63. The second kappa shape index (κ2) is 4.94. The summed E-state index contributed by atoms with van der Waals surface area (Å²) in [6.45, 7) is 0.151. The summed E-state index contributed by atoms with van der Waals surface area (Å²) < 4.78 is 38.0. The lowest BCUT2D eigenvalue weighted by Gasteiger charge is -2.17. The fourth-order valence-electron chi connectivity index (χ4n) is 2.82. The van der Waals surface area contributed by atoms with Crippen LogP contribution in [0.2, 0.25) is 0 Å². The van der Waals surface area contributed by atoms with Gasteiger partial charge in [-0.2, -0.15) is 0 Å². The van der Waals surface area contributed by atoms with Crippen molar-refractivity contribution in [3.8, 4) is 11.5 Å². The first-order valence-corrected chi connectivity index (χ1v) is 7.26. The summed E-state index contributed by atoms with van der Waals surface area (Å²) in [5.41, 5.74) is -0.420. The summed E-state index contributed by atoms with van der Waals surface area (Å²) in [5.74, 6) is -0.788. The third-order valence-corrected chi connectivity index (χ3v) is 4.31. The molecule has 1 aliphatic carbocycles. The molecule has 1 saturated carbocycles. The second-order valence-electron chi connectivity index (χ2n) is 5.70. The molecule has 1 aliphatic heterocycles. The number of rotatable bonds is 3. The summed E-state index contributed by atoms with van der Waals surface area (Å²) in [4.78, 5) is 12.6. The number of fused-ring (bicyclic) bond motifs is 1. The largest absolute Gasteiger partial charge is 0.454 e. The van der Waals surface area contributed by atoms with E-state index in [4.69, 9.17) is 9.47 Å². The molecule has 1 N–H and O–H groups in total. The smallest absolute Gasteiger partial charge is 0.235 e. The molecule has 0 saturated heterocycles. The van der Waals surface area contributed by atoms with Gasteiger partial charge in [0.2, 0.25) is 12.7 Å². The van der Waals surface area contributed by atoms with Crippen molar-refractivity contribution in [2.75, 3.05) is 12.1 Å². The molecule has 2 aromatic rings. The highest BCUT2D eigenvalue weighted by molar-refractivity contribution is 6.01. The topological polar surface area (TPSA) is 47.6 Å². The van der Waals surface area contributed by atoms with Crippen LogP contribution < -0.4 is 14.8 Å². The quantitative estimate of drug-likeness (QED) is 0.944. The standard InChI is InChI=1S/C17H13F2NO3/c18-11-2-1-3-12(19)15(11)20-16(21)17(6-7-17)10-4-5-13-14(8-10)23-9-22-13/h1-5,8H,6-7,9H2,(H,20,21). The number of anilines is 1. The number of hydrogen-bond donors (Lipinski definition) is 1. The first kappa shape index (κ1) is 14.0. The maximum atomic E-state index is 13.7. The van der Waals surface area contributed by atoms with E-state index in [9.17, 15) is 13.6 Å². The summed E-state index contributed by atoms with van der Waals surface area (Å²) >= 11 is 0. The van der Waals surface area contributed by atoms with Crippen molar-refractivity contribution in [1.29, 1.82) is 0 Å². The average Bonchev–Trinajstić information content (AvgIpc) is 3.22. The monoisotopic (exact) mass is 317 g/mol. The van der Waals surface area contributed by atoms with Crippen LogP contribution in [0.25, 0.3) is 0 Å². The van der Waals surface area contributed by atoms with Gasteiger partial charge in [-0.3, -0.25) is 4.79 Å². The van der Waals surface area contributed by atoms with Crippen molar-refractivity contribution in [3.63, 3.8) is 0 Å². The zero-order chi connectivity index (χ0) is 16.0. The van der Waals surface area contributed by atoms with Gasteiger partial charge in [-0.25, -0.2) is 8.78 Å². The molecule has 23 heavy (non-hydrogen) atoms. The van der Waals surface area contributed by atoms with Crippen LogP contribution in [0.4, 0.5) is 14.5 Å². The minimum atomic E-state index is -0.792. The van der Waals surface area contributed by atoms with Gasteiger partial charge in [0.25, 0.3) is 0 Å². The number of para-hydroxylation sites is 1. The Morgan fingerprint density at radius 2 is 1.74 bits per heavy atom. The lowest BCUT2D eigenvalue weighted by atomic mass is 9.94. The van der Waals surface area contributed by atoms with Crippen LogP contribution in [0.5, 0.6) is 11.5 Å². The zero-order valence-electron chi connectivity index (χ0n) is 12.1. The summed E-state index contributed by atoms with van der Waals surface area (Å²) in [5, 5.41) is 2.39. The molecule has 1 fully saturated rings. The SMILES string of the molecule is O=C(Nc1c(F)cccc1F)C1(c2ccc3c(c2)OCO3)CC1. The van der Waals surface area contributed by atoms with Crippen LogP contribution in [0.15, 0.2) is 36.4 Å². The van der Waals surface area contributed by atoms with Gasteiger partial charge in [0.05, 0.1) is 5.41 Å². The molecule has 4 rings (SSSR count). The highest BCUT2D eigenvalue weighted by Crippen LogP contribution is 2.51. The van der Waals surface area contributed by atoms with Gasteiger partial charge >= 0.3 is 0 Å². The molecule has 0 unspecified atom stereocenters. The predicted molar refractivity (Wildman–Crippen MR) is 78.5 cm³/mol. The van der Waals surface area contributed by atoms with Crippen molar-refractivity contribution >= 4 is 11.6 Å². The zero-order valence-corrected chi connectivity index (χ0v) is 12.1. The molecular formula is C17H13F2NO3. The molecule has 1 amide bonds. The van der Waals surface area contributed by atoms with E-state index >= 15 is 0 Å². The molecule has 0 spiro atoms. The van der Waals surface area contributed by atoms with Crippen molar-refractivity contribution < 1.29 is 23.0 Å². The molecule has 4 nitrogen and oxygen atoms in total. The Bertz CT molecular complexity index is 782. The Balaban J connectivity index is 1.63. The molecule has 2 aromatic carbocycles. The first-order valence-electron chi connectivity index (χ1n) is 7.26. The molecule has 0 atom stereocenters. The van der Waals surface area contributed by atoms with E-state index in [1.54, 1.807) is 18.2 Å². The molecule has 0 radical (unpaired) electrons. The highest BCUT2D eigenvalue weighted by Gasteiger charge is 2.52. The van der Waals surface area contributed by atoms with Crippen LogP contribution >= 0.6 is 0 Å². The van der Waals surface area contributed by atoms with Crippen LogP contribution in [-0.2, 0) is 10.2 Å². The van der Waals surface area contributed by atoms with Crippen molar-refractivity contribution in [2.45, 2.75) is 18.3 Å². The van der Waals surface area contributed by atoms with E-state index < -0.39 is 28.6 Å². The second-order valence-corrected chi connectivity index (χ2v) is 5.70. The Labute approximate surface area is 131 Å². The molecule has 6 heteroatoms.